The zero-order valence-electron chi connectivity index (χ0n) is 23.2. The van der Waals surface area contributed by atoms with E-state index in [4.69, 9.17) is 9.47 Å². The van der Waals surface area contributed by atoms with Crippen LogP contribution >= 0.6 is 15.9 Å². The van der Waals surface area contributed by atoms with Gasteiger partial charge in [0.2, 0.25) is 11.5 Å². The lowest BCUT2D eigenvalue weighted by molar-refractivity contribution is -0.147. The number of likely N-dealkylation sites (tertiary alicyclic amines) is 1. The van der Waals surface area contributed by atoms with Gasteiger partial charge < -0.3 is 14.4 Å². The highest BCUT2D eigenvalue weighted by molar-refractivity contribution is 9.10. The summed E-state index contributed by atoms with van der Waals surface area (Å²) in [5.41, 5.74) is -0.879. The van der Waals surface area contributed by atoms with Crippen molar-refractivity contribution in [3.63, 3.8) is 0 Å². The first kappa shape index (κ1) is 29.9. The first-order valence-electron chi connectivity index (χ1n) is 13.3. The van der Waals surface area contributed by atoms with E-state index in [0.29, 0.717) is 22.4 Å². The van der Waals surface area contributed by atoms with Gasteiger partial charge in [-0.25, -0.2) is 27.7 Å². The zero-order valence-corrected chi connectivity index (χ0v) is 24.8. The maximum absolute atomic E-state index is 15.5. The van der Waals surface area contributed by atoms with Crippen molar-refractivity contribution in [3.05, 3.63) is 69.4 Å². The van der Waals surface area contributed by atoms with E-state index in [9.17, 15) is 23.6 Å². The predicted molar refractivity (Wildman–Crippen MR) is 146 cm³/mol. The molecule has 0 radical (unpaired) electrons. The number of rotatable bonds is 5. The topological polar surface area (TPSA) is 96.5 Å². The fourth-order valence-corrected chi connectivity index (χ4v) is 5.97. The minimum Gasteiger partial charge on any atom is -0.444 e. The number of fused-ring (bicyclic) bond motifs is 2. The van der Waals surface area contributed by atoms with E-state index in [1.54, 1.807) is 32.9 Å². The number of halogens is 4. The van der Waals surface area contributed by atoms with Gasteiger partial charge in [0.25, 0.3) is 11.8 Å². The highest BCUT2D eigenvalue weighted by Crippen LogP contribution is 2.46. The lowest BCUT2D eigenvalue weighted by Crippen LogP contribution is -2.53. The smallest absolute Gasteiger partial charge is 0.418 e. The van der Waals surface area contributed by atoms with Crippen LogP contribution < -0.4 is 0 Å². The molecule has 0 bridgehead atoms. The Hall–Kier alpha value is -3.61. The summed E-state index contributed by atoms with van der Waals surface area (Å²) in [5.74, 6) is -5.83. The average molecular weight is 652 g/mol. The van der Waals surface area contributed by atoms with E-state index in [-0.39, 0.29) is 13.0 Å². The van der Waals surface area contributed by atoms with E-state index in [1.165, 1.54) is 12.1 Å². The second-order valence-electron chi connectivity index (χ2n) is 11.7. The number of carbonyl (C=O) groups excluding carboxylic acids is 4. The molecule has 13 heteroatoms. The number of carbonyl (C=O) groups is 4. The molecule has 0 saturated carbocycles. The molecule has 2 aliphatic heterocycles. The number of imide groups is 1. The Morgan fingerprint density at radius 2 is 1.83 bits per heavy atom. The number of hydrogen-bond acceptors (Lipinski definition) is 6. The highest BCUT2D eigenvalue weighted by atomic mass is 79.9. The largest absolute Gasteiger partial charge is 0.444 e. The summed E-state index contributed by atoms with van der Waals surface area (Å²) in [6.07, 6.45) is -1.38. The number of nitrogens with zero attached hydrogens (tertiary/aromatic N) is 3. The van der Waals surface area contributed by atoms with Gasteiger partial charge in [0.15, 0.2) is 0 Å². The molecule has 2 saturated heterocycles. The van der Waals surface area contributed by atoms with E-state index < -0.39 is 72.6 Å². The van der Waals surface area contributed by atoms with Crippen LogP contribution in [0.25, 0.3) is 0 Å². The Kier molecular flexibility index (Phi) is 7.53. The third-order valence-electron chi connectivity index (χ3n) is 7.51. The molecule has 1 unspecified atom stereocenters. The second kappa shape index (κ2) is 10.6. The summed E-state index contributed by atoms with van der Waals surface area (Å²) in [4.78, 5) is 55.2. The van der Waals surface area contributed by atoms with Crippen LogP contribution in [0.15, 0.2) is 46.9 Å². The van der Waals surface area contributed by atoms with Crippen LogP contribution in [0.5, 0.6) is 0 Å². The van der Waals surface area contributed by atoms with E-state index >= 15 is 8.78 Å². The Bertz CT molecular complexity index is 1450. The molecule has 42 heavy (non-hydrogen) atoms. The number of alkyl halides is 2. The molecule has 4 amide bonds. The lowest BCUT2D eigenvalue weighted by atomic mass is 9.95. The first-order valence-corrected chi connectivity index (χ1v) is 14.1. The minimum absolute atomic E-state index is 0.179. The van der Waals surface area contributed by atoms with Gasteiger partial charge in [-0.05, 0) is 62.6 Å². The SMILES string of the molecule is CC(C)(C)OC(=O)N1CC(N(Cc2ccc(F)cc2)C(=O)CN2C(=O)O[C@@]3(CCc4cc(Br)ccc43)C2=O)C(F)(F)C1. The van der Waals surface area contributed by atoms with E-state index in [1.807, 2.05) is 6.07 Å². The summed E-state index contributed by atoms with van der Waals surface area (Å²) in [7, 11) is 0. The van der Waals surface area contributed by atoms with Gasteiger partial charge >= 0.3 is 12.2 Å². The number of benzene rings is 2. The van der Waals surface area contributed by atoms with Gasteiger partial charge in [-0.3, -0.25) is 14.5 Å². The molecular weight excluding hydrogens is 623 g/mol. The summed E-state index contributed by atoms with van der Waals surface area (Å²) in [5, 5.41) is 0. The molecule has 1 spiro atoms. The molecule has 0 aromatic heterocycles. The quantitative estimate of drug-likeness (QED) is 0.452. The Labute approximate surface area is 248 Å². The van der Waals surface area contributed by atoms with Crippen LogP contribution in [0.2, 0.25) is 0 Å². The molecule has 2 aromatic carbocycles. The zero-order chi connectivity index (χ0) is 30.6. The van der Waals surface area contributed by atoms with Crippen LogP contribution in [0.4, 0.5) is 22.8 Å². The molecule has 2 heterocycles. The summed E-state index contributed by atoms with van der Waals surface area (Å²) in [6.45, 7) is 2.00. The van der Waals surface area contributed by atoms with Crippen LogP contribution in [0.1, 0.15) is 43.9 Å². The van der Waals surface area contributed by atoms with Gasteiger partial charge in [-0.1, -0.05) is 34.1 Å². The van der Waals surface area contributed by atoms with Crippen molar-refractivity contribution < 1.29 is 41.8 Å². The Morgan fingerprint density at radius 3 is 2.50 bits per heavy atom. The summed E-state index contributed by atoms with van der Waals surface area (Å²) >= 11 is 3.38. The normalized spacial score (nSPS) is 22.9. The Morgan fingerprint density at radius 1 is 1.14 bits per heavy atom. The van der Waals surface area contributed by atoms with Crippen molar-refractivity contribution in [1.82, 2.24) is 14.7 Å². The van der Waals surface area contributed by atoms with Crippen LogP contribution in [-0.4, -0.2) is 75.9 Å². The van der Waals surface area contributed by atoms with Crippen molar-refractivity contribution in [2.24, 2.45) is 0 Å². The van der Waals surface area contributed by atoms with E-state index in [2.05, 4.69) is 15.9 Å². The molecule has 1 aliphatic carbocycles. The molecule has 0 N–H and O–H groups in total. The number of aryl methyl sites for hydroxylation is 1. The molecule has 3 aliphatic rings. The van der Waals surface area contributed by atoms with Crippen molar-refractivity contribution in [1.29, 1.82) is 0 Å². The van der Waals surface area contributed by atoms with Crippen LogP contribution in [0, 0.1) is 5.82 Å². The third-order valence-corrected chi connectivity index (χ3v) is 8.00. The lowest BCUT2D eigenvalue weighted by Gasteiger charge is -2.33. The average Bonchev–Trinajstić information content (AvgIpc) is 3.49. The minimum atomic E-state index is -3.55. The van der Waals surface area contributed by atoms with Gasteiger partial charge in [-0.15, -0.1) is 0 Å². The fourth-order valence-electron chi connectivity index (χ4n) is 5.57. The number of hydrogen-bond donors (Lipinski definition) is 0. The standard InChI is InChI=1S/C29H29BrF3N3O6/c1-27(2,3)41-25(39)34-14-22(29(32,33)16-34)35(13-17-4-7-20(31)8-5-17)23(37)15-36-24(38)28(42-26(36)40)11-10-18-12-19(30)6-9-21(18)28/h4-9,12,22H,10-11,13-16H2,1-3H3/t22?,28-/m1/s1. The van der Waals surface area contributed by atoms with Crippen molar-refractivity contribution in [2.75, 3.05) is 19.6 Å². The molecule has 2 atom stereocenters. The van der Waals surface area contributed by atoms with Crippen molar-refractivity contribution >= 4 is 39.9 Å². The maximum atomic E-state index is 15.5. The van der Waals surface area contributed by atoms with Gasteiger partial charge in [-0.2, -0.15) is 0 Å². The first-order chi connectivity index (χ1) is 19.6. The molecule has 2 aromatic rings. The molecule has 5 rings (SSSR count). The van der Waals surface area contributed by atoms with Crippen molar-refractivity contribution in [3.8, 4) is 0 Å². The molecule has 2 fully saturated rings. The number of ether oxygens (including phenoxy) is 2. The fraction of sp³-hybridized carbons (Fsp3) is 0.448. The second-order valence-corrected chi connectivity index (χ2v) is 12.6. The molecule has 224 valence electrons. The van der Waals surface area contributed by atoms with Gasteiger partial charge in [0.05, 0.1) is 13.1 Å². The summed E-state index contributed by atoms with van der Waals surface area (Å²) < 4.78 is 56.1. The Balaban J connectivity index is 1.41. The molecule has 9 nitrogen and oxygen atoms in total. The van der Waals surface area contributed by atoms with Gasteiger partial charge in [0.1, 0.15) is 24.0 Å². The van der Waals surface area contributed by atoms with Crippen LogP contribution in [0.3, 0.4) is 0 Å². The summed E-state index contributed by atoms with van der Waals surface area (Å²) in [6, 6.07) is 8.32. The molecular formula is C29H29BrF3N3O6. The monoisotopic (exact) mass is 651 g/mol. The predicted octanol–water partition coefficient (Wildman–Crippen LogP) is 4.99. The van der Waals surface area contributed by atoms with Gasteiger partial charge in [0, 0.05) is 23.0 Å². The third kappa shape index (κ3) is 5.58. The number of amides is 4. The van der Waals surface area contributed by atoms with E-state index in [0.717, 1.165) is 32.0 Å². The van der Waals surface area contributed by atoms with Crippen molar-refractivity contribution in [2.45, 2.75) is 63.3 Å². The van der Waals surface area contributed by atoms with Crippen LogP contribution in [-0.2, 0) is 37.6 Å². The highest BCUT2D eigenvalue weighted by Gasteiger charge is 2.59. The maximum Gasteiger partial charge on any atom is 0.418 e.